The maximum absolute atomic E-state index is 13.3. The van der Waals surface area contributed by atoms with Crippen molar-refractivity contribution in [3.63, 3.8) is 0 Å². The summed E-state index contributed by atoms with van der Waals surface area (Å²) in [6.45, 7) is -7.74. The number of esters is 1. The number of carbonyl (C=O) groups excluding carboxylic acids is 1. The summed E-state index contributed by atoms with van der Waals surface area (Å²) in [5.74, 6) is -4.37. The van der Waals surface area contributed by atoms with Crippen molar-refractivity contribution in [1.82, 2.24) is 0 Å². The van der Waals surface area contributed by atoms with Gasteiger partial charge in [0.25, 0.3) is 0 Å². The van der Waals surface area contributed by atoms with Crippen LogP contribution in [0.3, 0.4) is 0 Å². The van der Waals surface area contributed by atoms with E-state index in [0.29, 0.717) is 12.1 Å². The molecule has 39 heteroatoms. The van der Waals surface area contributed by atoms with Gasteiger partial charge in [-0.1, -0.05) is 0 Å². The maximum atomic E-state index is 13.3. The third kappa shape index (κ3) is 13.6. The topological polar surface area (TPSA) is 621 Å². The van der Waals surface area contributed by atoms with Gasteiger partial charge in [0.2, 0.25) is 0 Å². The predicted octanol–water partition coefficient (Wildman–Crippen LogP) is -14.2. The highest BCUT2D eigenvalue weighted by atomic mass is 16.8. The van der Waals surface area contributed by atoms with E-state index in [-0.39, 0.29) is 0 Å². The summed E-state index contributed by atoms with van der Waals surface area (Å²) in [7, 11) is 0. The van der Waals surface area contributed by atoms with Gasteiger partial charge in [-0.3, -0.25) is 0 Å². The molecule has 21 heterocycles. The minimum atomic E-state index is -2.37. The minimum absolute atomic E-state index is 0.598. The van der Waals surface area contributed by atoms with Crippen LogP contribution in [0.4, 0.5) is 0 Å². The number of aliphatic hydroxyl groups is 20. The lowest BCUT2D eigenvalue weighted by Crippen LogP contribution is -2.68. The highest BCUT2D eigenvalue weighted by Crippen LogP contribution is 2.40. The molecule has 504 valence electrons. The van der Waals surface area contributed by atoms with Gasteiger partial charge in [0.05, 0.1) is 45.2 Å². The molecule has 21 fully saturated rings. The maximum Gasteiger partial charge on any atom is 0.338 e. The molecule has 1 aromatic rings. The van der Waals surface area contributed by atoms with Gasteiger partial charge in [0.1, 0.15) is 178 Å². The number of ether oxygens (including phenoxy) is 15. The normalized spacial score (nSPS) is 49.8. The lowest BCUT2D eigenvalue weighted by Gasteiger charge is -2.50. The van der Waals surface area contributed by atoms with Crippen LogP contribution in [-0.2, 0) is 71.1 Å². The molecule has 14 bridgehead atoms. The Morgan fingerprint density at radius 2 is 0.477 bits per heavy atom. The number of hydrogen-bond acceptors (Lipinski definition) is 39. The van der Waals surface area contributed by atoms with Crippen LogP contribution in [0, 0.1) is 0 Å². The Morgan fingerprint density at radius 3 is 0.670 bits per heavy atom. The van der Waals surface area contributed by atoms with E-state index in [1.165, 1.54) is 0 Å². The molecule has 21 aliphatic rings. The van der Waals surface area contributed by atoms with Crippen molar-refractivity contribution in [3.8, 4) is 17.2 Å². The van der Waals surface area contributed by atoms with Crippen LogP contribution in [0.5, 0.6) is 17.2 Å². The molecule has 35 atom stereocenters. The number of rotatable bonds is 9. The third-order valence-electron chi connectivity index (χ3n) is 16.3. The Balaban J connectivity index is 1.02. The van der Waals surface area contributed by atoms with Gasteiger partial charge < -0.3 is 189 Å². The van der Waals surface area contributed by atoms with Crippen molar-refractivity contribution < 1.29 is 193 Å². The summed E-state index contributed by atoms with van der Waals surface area (Å²) in [6.07, 6.45) is -73.5. The number of aromatic hydroxyl groups is 3. The van der Waals surface area contributed by atoms with E-state index in [2.05, 4.69) is 0 Å². The van der Waals surface area contributed by atoms with E-state index in [0.717, 1.165) is 0 Å². The standard InChI is InChI=1S/C49H74O39/c50-3-13-35-22(60)29(67)44(76-13)84-37-15(5-52)78-46(31(69)24(37)62)86-39-17(7-54)80-48(33(71)26(39)64)88-41-19(9-74-42(73)10-1-11(56)20(58)12(57)2-10)81-49(34(72)27(41)65)87-40-18(8-55)79-47(32(70)25(40)63)85-38-16(6-53)77-45(30(68)23(38)61)83-36-14(4-51)75-43(82-35)28(66)21(36)59/h1-2,13-19,21-41,43-72H,3-9H2/t13-,14-,15-,16-,17-,18-,19-,21-,22-,23-,24-,25-,26-,27-,28-,29-,30-,31-,32-,33-,34-,35-,36-,37-,38-,39-,40-,41-,43-,44-,45-,46-,47-,48-,49-/m1/s1. The molecule has 21 saturated heterocycles. The summed E-state index contributed by atoms with van der Waals surface area (Å²) in [5.41, 5.74) is -0.598. The van der Waals surface area contributed by atoms with Crippen molar-refractivity contribution in [2.75, 3.05) is 46.2 Å². The molecule has 23 N–H and O–H groups in total. The van der Waals surface area contributed by atoms with Gasteiger partial charge in [-0.2, -0.15) is 0 Å². The van der Waals surface area contributed by atoms with Crippen molar-refractivity contribution in [3.05, 3.63) is 17.7 Å². The van der Waals surface area contributed by atoms with Crippen LogP contribution in [0.25, 0.3) is 0 Å². The average molecular weight is 1290 g/mol. The number of aliphatic hydroxyl groups excluding tert-OH is 20. The smallest absolute Gasteiger partial charge is 0.338 e. The van der Waals surface area contributed by atoms with Crippen molar-refractivity contribution >= 4 is 5.97 Å². The highest BCUT2D eigenvalue weighted by molar-refractivity contribution is 5.91. The van der Waals surface area contributed by atoms with E-state index in [9.17, 15) is 122 Å². The second-order valence-corrected chi connectivity index (χ2v) is 21.9. The van der Waals surface area contributed by atoms with E-state index in [4.69, 9.17) is 71.1 Å². The average Bonchev–Trinajstić information content (AvgIpc) is 1.34. The number of phenolic OH excluding ortho intramolecular Hbond substituents is 3. The summed E-state index contributed by atoms with van der Waals surface area (Å²) < 4.78 is 85.6. The molecular formula is C49H74O39. The largest absolute Gasteiger partial charge is 0.504 e. The fourth-order valence-corrected chi connectivity index (χ4v) is 11.4. The van der Waals surface area contributed by atoms with Crippen molar-refractivity contribution in [1.29, 1.82) is 0 Å². The quantitative estimate of drug-likeness (QED) is 0.0806. The number of phenols is 3. The van der Waals surface area contributed by atoms with Crippen LogP contribution in [0.1, 0.15) is 10.4 Å². The predicted molar refractivity (Wildman–Crippen MR) is 263 cm³/mol. The zero-order valence-electron chi connectivity index (χ0n) is 45.6. The van der Waals surface area contributed by atoms with Gasteiger partial charge in [-0.25, -0.2) is 4.79 Å². The Bertz CT molecular complexity index is 2380. The van der Waals surface area contributed by atoms with E-state index in [1.54, 1.807) is 0 Å². The lowest BCUT2D eigenvalue weighted by atomic mass is 9.95. The van der Waals surface area contributed by atoms with E-state index >= 15 is 0 Å². The van der Waals surface area contributed by atoms with Crippen LogP contribution >= 0.6 is 0 Å². The molecule has 0 spiro atoms. The summed E-state index contributed by atoms with van der Waals surface area (Å²) in [5, 5.41) is 253. The Labute approximate surface area is 494 Å². The monoisotopic (exact) mass is 1290 g/mol. The van der Waals surface area contributed by atoms with Gasteiger partial charge in [0, 0.05) is 0 Å². The van der Waals surface area contributed by atoms with Gasteiger partial charge >= 0.3 is 5.97 Å². The highest BCUT2D eigenvalue weighted by Gasteiger charge is 2.60. The molecular weight excluding hydrogens is 1210 g/mol. The fourth-order valence-electron chi connectivity index (χ4n) is 11.4. The summed E-state index contributed by atoms with van der Waals surface area (Å²) in [6, 6.07) is 1.34. The third-order valence-corrected chi connectivity index (χ3v) is 16.3. The summed E-state index contributed by atoms with van der Waals surface area (Å²) >= 11 is 0. The van der Waals surface area contributed by atoms with Crippen LogP contribution < -0.4 is 0 Å². The number of benzene rings is 1. The SMILES string of the molecule is O=C(OC[C@H]1O[C@@H]2O[C@H]3[C@H](O)[C@@H](O)[C@@H](O[C@H]4[C@H](O)[C@@H](O)[C@@H](O[C@H]5[C@H](O)[C@@H](O)[C@@H](O[C@H]6[C@H](O)[C@@H](O)[C@@H](O[C@H]7[C@H](O)[C@@H](O)[C@@H](O[C@H]8[C@H](O)[C@@H](O)[C@@H](O[C@H]1[C@H](O)[C@H]2O)O[C@@H]8CO)O[C@@H]7CO)O[C@@H]6CO)O[C@@H]5CO)O[C@@H]4CO)O[C@@H]3CO)c1cc(O)c(O)c(O)c1. The fraction of sp³-hybridized carbons (Fsp3) is 0.857. The summed E-state index contributed by atoms with van der Waals surface area (Å²) in [4.78, 5) is 13.3. The van der Waals surface area contributed by atoms with Gasteiger partial charge in [0.15, 0.2) is 61.3 Å². The van der Waals surface area contributed by atoms with E-state index in [1.807, 2.05) is 0 Å². The molecule has 1 aromatic carbocycles. The first-order valence-corrected chi connectivity index (χ1v) is 27.6. The van der Waals surface area contributed by atoms with Gasteiger partial charge in [-0.05, 0) is 12.1 Å². The first-order chi connectivity index (χ1) is 41.8. The Kier molecular flexibility index (Phi) is 22.7. The number of carbonyl (C=O) groups is 1. The second kappa shape index (κ2) is 28.9. The van der Waals surface area contributed by atoms with E-state index < -0.39 is 290 Å². The first-order valence-electron chi connectivity index (χ1n) is 27.6. The van der Waals surface area contributed by atoms with Gasteiger partial charge in [-0.15, -0.1) is 0 Å². The molecule has 22 rings (SSSR count). The second-order valence-electron chi connectivity index (χ2n) is 21.9. The molecule has 0 radical (unpaired) electrons. The minimum Gasteiger partial charge on any atom is -0.504 e. The molecule has 0 saturated carbocycles. The Hall–Kier alpha value is -3.27. The zero-order valence-corrected chi connectivity index (χ0v) is 45.6. The molecule has 0 aromatic heterocycles. The van der Waals surface area contributed by atoms with Crippen molar-refractivity contribution in [2.45, 2.75) is 215 Å². The van der Waals surface area contributed by atoms with Crippen LogP contribution in [-0.4, -0.2) is 385 Å². The molecule has 88 heavy (non-hydrogen) atoms. The molecule has 0 aliphatic carbocycles. The zero-order chi connectivity index (χ0) is 64.1. The Morgan fingerprint density at radius 1 is 0.295 bits per heavy atom. The molecule has 0 amide bonds. The number of hydrogen-bond donors (Lipinski definition) is 23. The first kappa shape index (κ1) is 69.1. The molecule has 0 unspecified atom stereocenters. The van der Waals surface area contributed by atoms with Crippen molar-refractivity contribution in [2.24, 2.45) is 0 Å². The van der Waals surface area contributed by atoms with Crippen LogP contribution in [0.15, 0.2) is 12.1 Å². The lowest BCUT2D eigenvalue weighted by molar-refractivity contribution is -0.396. The molecule has 39 nitrogen and oxygen atoms in total. The molecule has 21 aliphatic heterocycles. The van der Waals surface area contributed by atoms with Crippen LogP contribution in [0.2, 0.25) is 0 Å².